The van der Waals surface area contributed by atoms with E-state index < -0.39 is 0 Å². The van der Waals surface area contributed by atoms with Crippen molar-refractivity contribution in [2.45, 2.75) is 64.8 Å². The van der Waals surface area contributed by atoms with Crippen LogP contribution in [0.25, 0.3) is 0 Å². The largest absolute Gasteiger partial charge is 0.353 e. The maximum atomic E-state index is 12.1. The molecule has 0 aromatic carbocycles. The summed E-state index contributed by atoms with van der Waals surface area (Å²) in [6.07, 6.45) is 7.78. The molecule has 3 atom stereocenters. The summed E-state index contributed by atoms with van der Waals surface area (Å²) in [6.45, 7) is 4.98. The monoisotopic (exact) mass is 240 g/mol. The average molecular weight is 240 g/mol. The summed E-state index contributed by atoms with van der Waals surface area (Å²) in [4.78, 5) is 12.1. The van der Waals surface area contributed by atoms with Gasteiger partial charge >= 0.3 is 0 Å². The number of hydrogen-bond donors (Lipinski definition) is 2. The lowest BCUT2D eigenvalue weighted by Gasteiger charge is -2.22. The fourth-order valence-electron chi connectivity index (χ4n) is 2.78. The van der Waals surface area contributed by atoms with E-state index in [0.717, 1.165) is 25.7 Å². The van der Waals surface area contributed by atoms with Gasteiger partial charge in [0.1, 0.15) is 0 Å². The highest BCUT2D eigenvalue weighted by atomic mass is 16.1. The molecule has 0 heterocycles. The predicted octanol–water partition coefficient (Wildman–Crippen LogP) is 2.45. The molecular weight excluding hydrogens is 212 g/mol. The van der Waals surface area contributed by atoms with Gasteiger partial charge in [0.25, 0.3) is 0 Å². The Morgan fingerprint density at radius 3 is 2.76 bits per heavy atom. The molecule has 0 aromatic heterocycles. The van der Waals surface area contributed by atoms with E-state index >= 15 is 0 Å². The van der Waals surface area contributed by atoms with E-state index in [1.54, 1.807) is 0 Å². The Morgan fingerprint density at radius 2 is 2.18 bits per heavy atom. The van der Waals surface area contributed by atoms with Crippen LogP contribution < -0.4 is 11.1 Å². The van der Waals surface area contributed by atoms with E-state index in [1.807, 2.05) is 0 Å². The number of unbranched alkanes of at least 4 members (excludes halogenated alkanes) is 1. The summed E-state index contributed by atoms with van der Waals surface area (Å²) in [7, 11) is 0. The second-order valence-corrected chi connectivity index (χ2v) is 5.29. The zero-order valence-electron chi connectivity index (χ0n) is 11.4. The van der Waals surface area contributed by atoms with Crippen molar-refractivity contribution in [3.05, 3.63) is 0 Å². The van der Waals surface area contributed by atoms with E-state index in [-0.39, 0.29) is 11.8 Å². The fraction of sp³-hybridized carbons (Fsp3) is 0.929. The van der Waals surface area contributed by atoms with Gasteiger partial charge in [0.15, 0.2) is 0 Å². The summed E-state index contributed by atoms with van der Waals surface area (Å²) >= 11 is 0. The van der Waals surface area contributed by atoms with E-state index in [4.69, 9.17) is 5.73 Å². The first-order chi connectivity index (χ1) is 8.22. The highest BCUT2D eigenvalue weighted by molar-refractivity contribution is 5.78. The van der Waals surface area contributed by atoms with Crippen molar-refractivity contribution in [1.82, 2.24) is 5.32 Å². The van der Waals surface area contributed by atoms with E-state index in [9.17, 15) is 4.79 Å². The van der Waals surface area contributed by atoms with Gasteiger partial charge in [-0.1, -0.05) is 33.1 Å². The summed E-state index contributed by atoms with van der Waals surface area (Å²) in [6, 6.07) is 0.336. The molecule has 3 nitrogen and oxygen atoms in total. The van der Waals surface area contributed by atoms with E-state index in [0.29, 0.717) is 18.5 Å². The minimum Gasteiger partial charge on any atom is -0.353 e. The SMILES string of the molecule is CCCCC(CC)C(=O)NC1CCCC1CN. The molecule has 3 unspecified atom stereocenters. The standard InChI is InChI=1S/C14H28N2O/c1-3-5-7-11(4-2)14(17)16-13-9-6-8-12(13)10-15/h11-13H,3-10,15H2,1-2H3,(H,16,17). The van der Waals surface area contributed by atoms with Crippen LogP contribution in [0.5, 0.6) is 0 Å². The van der Waals surface area contributed by atoms with Crippen LogP contribution in [0.3, 0.4) is 0 Å². The molecule has 1 saturated carbocycles. The first-order valence-corrected chi connectivity index (χ1v) is 7.23. The molecule has 1 aliphatic carbocycles. The number of carbonyl (C=O) groups excluding carboxylic acids is 1. The molecule has 0 spiro atoms. The molecule has 0 aliphatic heterocycles. The summed E-state index contributed by atoms with van der Waals surface area (Å²) in [5, 5.41) is 3.22. The van der Waals surface area contributed by atoms with Crippen LogP contribution in [0, 0.1) is 11.8 Å². The Bertz CT molecular complexity index is 230. The molecule has 3 heteroatoms. The number of nitrogens with one attached hydrogen (secondary N) is 1. The van der Waals surface area contributed by atoms with Gasteiger partial charge in [-0.3, -0.25) is 4.79 Å². The normalized spacial score (nSPS) is 25.8. The summed E-state index contributed by atoms with van der Waals surface area (Å²) in [5.41, 5.74) is 5.74. The molecule has 0 aromatic rings. The predicted molar refractivity (Wildman–Crippen MR) is 71.6 cm³/mol. The van der Waals surface area contributed by atoms with Crippen molar-refractivity contribution >= 4 is 5.91 Å². The van der Waals surface area contributed by atoms with Crippen LogP contribution in [0.2, 0.25) is 0 Å². The maximum absolute atomic E-state index is 12.1. The lowest BCUT2D eigenvalue weighted by Crippen LogP contribution is -2.42. The Balaban J connectivity index is 2.40. The Morgan fingerprint density at radius 1 is 1.41 bits per heavy atom. The van der Waals surface area contributed by atoms with Crippen molar-refractivity contribution in [3.63, 3.8) is 0 Å². The van der Waals surface area contributed by atoms with Crippen LogP contribution in [0.1, 0.15) is 58.8 Å². The second-order valence-electron chi connectivity index (χ2n) is 5.29. The lowest BCUT2D eigenvalue weighted by atomic mass is 9.96. The molecule has 1 fully saturated rings. The van der Waals surface area contributed by atoms with Crippen molar-refractivity contribution < 1.29 is 4.79 Å². The Hall–Kier alpha value is -0.570. The maximum Gasteiger partial charge on any atom is 0.223 e. The Kier molecular flexibility index (Phi) is 6.56. The third kappa shape index (κ3) is 4.30. The fourth-order valence-corrected chi connectivity index (χ4v) is 2.78. The van der Waals surface area contributed by atoms with Gasteiger partial charge in [-0.15, -0.1) is 0 Å². The van der Waals surface area contributed by atoms with Crippen LogP contribution in [0.4, 0.5) is 0 Å². The zero-order valence-corrected chi connectivity index (χ0v) is 11.4. The lowest BCUT2D eigenvalue weighted by molar-refractivity contribution is -0.126. The number of amides is 1. The summed E-state index contributed by atoms with van der Waals surface area (Å²) < 4.78 is 0. The van der Waals surface area contributed by atoms with Crippen LogP contribution in [-0.2, 0) is 4.79 Å². The minimum absolute atomic E-state index is 0.203. The highest BCUT2D eigenvalue weighted by Crippen LogP contribution is 2.25. The first-order valence-electron chi connectivity index (χ1n) is 7.23. The molecule has 0 saturated heterocycles. The van der Waals surface area contributed by atoms with Crippen LogP contribution >= 0.6 is 0 Å². The van der Waals surface area contributed by atoms with Crippen LogP contribution in [-0.4, -0.2) is 18.5 Å². The average Bonchev–Trinajstić information content (AvgIpc) is 2.77. The van der Waals surface area contributed by atoms with Crippen molar-refractivity contribution in [2.24, 2.45) is 17.6 Å². The van der Waals surface area contributed by atoms with Crippen molar-refractivity contribution in [3.8, 4) is 0 Å². The molecule has 17 heavy (non-hydrogen) atoms. The van der Waals surface area contributed by atoms with Gasteiger partial charge in [-0.2, -0.15) is 0 Å². The molecule has 1 aliphatic rings. The highest BCUT2D eigenvalue weighted by Gasteiger charge is 2.28. The molecule has 0 radical (unpaired) electrons. The molecular formula is C14H28N2O. The Labute approximate surface area is 106 Å². The quantitative estimate of drug-likeness (QED) is 0.718. The van der Waals surface area contributed by atoms with Crippen molar-refractivity contribution in [2.75, 3.05) is 6.54 Å². The van der Waals surface area contributed by atoms with Gasteiger partial charge in [0.2, 0.25) is 5.91 Å². The molecule has 1 amide bonds. The zero-order chi connectivity index (χ0) is 12.7. The molecule has 1 rings (SSSR count). The number of nitrogens with two attached hydrogens (primary N) is 1. The molecule has 100 valence electrons. The topological polar surface area (TPSA) is 55.1 Å². The molecule has 3 N–H and O–H groups in total. The smallest absolute Gasteiger partial charge is 0.223 e. The van der Waals surface area contributed by atoms with Gasteiger partial charge < -0.3 is 11.1 Å². The van der Waals surface area contributed by atoms with Crippen molar-refractivity contribution in [1.29, 1.82) is 0 Å². The van der Waals surface area contributed by atoms with E-state index in [1.165, 1.54) is 19.3 Å². The number of carbonyl (C=O) groups is 1. The van der Waals surface area contributed by atoms with Gasteiger partial charge in [-0.25, -0.2) is 0 Å². The van der Waals surface area contributed by atoms with Gasteiger partial charge in [0.05, 0.1) is 0 Å². The second kappa shape index (κ2) is 7.70. The van der Waals surface area contributed by atoms with Gasteiger partial charge in [-0.05, 0) is 38.1 Å². The minimum atomic E-state index is 0.203. The third-order valence-electron chi connectivity index (χ3n) is 4.06. The molecule has 0 bridgehead atoms. The first kappa shape index (κ1) is 14.5. The van der Waals surface area contributed by atoms with E-state index in [2.05, 4.69) is 19.2 Å². The third-order valence-corrected chi connectivity index (χ3v) is 4.06. The number of hydrogen-bond acceptors (Lipinski definition) is 2. The van der Waals surface area contributed by atoms with Crippen LogP contribution in [0.15, 0.2) is 0 Å². The van der Waals surface area contributed by atoms with Gasteiger partial charge in [0, 0.05) is 12.0 Å². The summed E-state index contributed by atoms with van der Waals surface area (Å²) in [5.74, 6) is 0.961. The number of rotatable bonds is 7.